The first kappa shape index (κ1) is 14.7. The van der Waals surface area contributed by atoms with Crippen molar-refractivity contribution in [2.75, 3.05) is 4.72 Å². The lowest BCUT2D eigenvalue weighted by Gasteiger charge is -2.12. The maximum atomic E-state index is 11.6. The number of carboxylic acids is 1. The first-order chi connectivity index (χ1) is 8.21. The molecule has 0 radical (unpaired) electrons. The van der Waals surface area contributed by atoms with E-state index in [1.807, 2.05) is 0 Å². The number of carboxylic acid groups (broad SMARTS) is 1. The van der Waals surface area contributed by atoms with E-state index in [-0.39, 0.29) is 22.3 Å². The molecule has 0 saturated carbocycles. The molecular formula is C10H13ClN2O4S. The van der Waals surface area contributed by atoms with Crippen LogP contribution in [0.4, 0.5) is 5.69 Å². The van der Waals surface area contributed by atoms with Crippen LogP contribution in [0.1, 0.15) is 24.2 Å². The van der Waals surface area contributed by atoms with E-state index < -0.39 is 16.2 Å². The van der Waals surface area contributed by atoms with Gasteiger partial charge in [-0.25, -0.2) is 4.79 Å². The highest BCUT2D eigenvalue weighted by molar-refractivity contribution is 7.90. The van der Waals surface area contributed by atoms with Crippen molar-refractivity contribution in [3.05, 3.63) is 28.8 Å². The van der Waals surface area contributed by atoms with Crippen LogP contribution in [0.3, 0.4) is 0 Å². The van der Waals surface area contributed by atoms with Gasteiger partial charge < -0.3 is 5.11 Å². The lowest BCUT2D eigenvalue weighted by molar-refractivity contribution is 0.0697. The molecule has 1 aromatic rings. The number of aromatic carboxylic acids is 1. The fourth-order valence-corrected chi connectivity index (χ4v) is 2.65. The quantitative estimate of drug-likeness (QED) is 0.769. The van der Waals surface area contributed by atoms with Gasteiger partial charge in [-0.3, -0.25) is 4.72 Å². The van der Waals surface area contributed by atoms with Gasteiger partial charge in [-0.15, -0.1) is 0 Å². The second-order valence-corrected chi connectivity index (χ2v) is 5.73. The number of hydrogen-bond donors (Lipinski definition) is 3. The lowest BCUT2D eigenvalue weighted by atomic mass is 10.2. The Bertz CT molecular complexity index is 557. The monoisotopic (exact) mass is 292 g/mol. The number of carbonyl (C=O) groups is 1. The minimum Gasteiger partial charge on any atom is -0.478 e. The van der Waals surface area contributed by atoms with Gasteiger partial charge in [0.15, 0.2) is 0 Å². The third-order valence-corrected chi connectivity index (χ3v) is 3.43. The molecular weight excluding hydrogens is 280 g/mol. The average Bonchev–Trinajstić information content (AvgIpc) is 2.18. The predicted octanol–water partition coefficient (Wildman–Crippen LogP) is 1.69. The summed E-state index contributed by atoms with van der Waals surface area (Å²) in [5.74, 6) is -1.13. The molecule has 0 aliphatic rings. The second kappa shape index (κ2) is 5.55. The lowest BCUT2D eigenvalue weighted by Crippen LogP contribution is -2.35. The minimum atomic E-state index is -3.72. The summed E-state index contributed by atoms with van der Waals surface area (Å²) in [4.78, 5) is 10.7. The topological polar surface area (TPSA) is 95.5 Å². The Morgan fingerprint density at radius 2 is 2.00 bits per heavy atom. The van der Waals surface area contributed by atoms with Crippen LogP contribution in [0.2, 0.25) is 5.02 Å². The number of rotatable bonds is 5. The molecule has 18 heavy (non-hydrogen) atoms. The fourth-order valence-electron chi connectivity index (χ4n) is 1.22. The third kappa shape index (κ3) is 4.17. The molecule has 0 aliphatic carbocycles. The highest BCUT2D eigenvalue weighted by Gasteiger charge is 2.14. The van der Waals surface area contributed by atoms with Gasteiger partial charge in [-0.2, -0.15) is 13.1 Å². The molecule has 0 aliphatic heterocycles. The van der Waals surface area contributed by atoms with Crippen LogP contribution < -0.4 is 9.44 Å². The van der Waals surface area contributed by atoms with E-state index >= 15 is 0 Å². The first-order valence-electron chi connectivity index (χ1n) is 5.04. The Morgan fingerprint density at radius 1 is 1.39 bits per heavy atom. The van der Waals surface area contributed by atoms with Crippen molar-refractivity contribution in [3.8, 4) is 0 Å². The van der Waals surface area contributed by atoms with Gasteiger partial charge in [0.1, 0.15) is 0 Å². The highest BCUT2D eigenvalue weighted by Crippen LogP contribution is 2.23. The molecule has 0 bridgehead atoms. The molecule has 3 N–H and O–H groups in total. The van der Waals surface area contributed by atoms with Crippen molar-refractivity contribution in [1.82, 2.24) is 4.72 Å². The molecule has 0 saturated heterocycles. The SMILES string of the molecule is CC(C)NS(=O)(=O)Nc1ccc(C(=O)O)cc1Cl. The van der Waals surface area contributed by atoms with Gasteiger partial charge in [-0.05, 0) is 32.0 Å². The predicted molar refractivity (Wildman–Crippen MR) is 69.2 cm³/mol. The van der Waals surface area contributed by atoms with Crippen LogP contribution in [0.5, 0.6) is 0 Å². The Labute approximate surface area is 110 Å². The number of halogens is 1. The molecule has 1 aromatic carbocycles. The zero-order chi connectivity index (χ0) is 13.9. The minimum absolute atomic E-state index is 0.0141. The van der Waals surface area contributed by atoms with Crippen molar-refractivity contribution in [2.45, 2.75) is 19.9 Å². The van der Waals surface area contributed by atoms with Crippen LogP contribution in [0.25, 0.3) is 0 Å². The summed E-state index contributed by atoms with van der Waals surface area (Å²) in [7, 11) is -3.72. The summed E-state index contributed by atoms with van der Waals surface area (Å²) in [5.41, 5.74) is 0.106. The van der Waals surface area contributed by atoms with Crippen molar-refractivity contribution >= 4 is 33.5 Å². The number of hydrogen-bond acceptors (Lipinski definition) is 3. The van der Waals surface area contributed by atoms with Crippen LogP contribution >= 0.6 is 11.6 Å². The van der Waals surface area contributed by atoms with Crippen molar-refractivity contribution < 1.29 is 18.3 Å². The van der Waals surface area contributed by atoms with Gasteiger partial charge in [0.05, 0.1) is 16.3 Å². The van der Waals surface area contributed by atoms with Gasteiger partial charge in [0, 0.05) is 6.04 Å². The van der Waals surface area contributed by atoms with Crippen LogP contribution in [0, 0.1) is 0 Å². The number of benzene rings is 1. The molecule has 0 spiro atoms. The Kier molecular flexibility index (Phi) is 4.55. The molecule has 1 rings (SSSR count). The maximum absolute atomic E-state index is 11.6. The summed E-state index contributed by atoms with van der Waals surface area (Å²) in [6, 6.07) is 3.48. The Hall–Kier alpha value is -1.31. The molecule has 0 fully saturated rings. The van der Waals surface area contributed by atoms with Gasteiger partial charge in [0.25, 0.3) is 10.2 Å². The molecule has 6 nitrogen and oxygen atoms in total. The van der Waals surface area contributed by atoms with E-state index in [0.717, 1.165) is 0 Å². The molecule has 100 valence electrons. The van der Waals surface area contributed by atoms with E-state index in [9.17, 15) is 13.2 Å². The largest absolute Gasteiger partial charge is 0.478 e. The van der Waals surface area contributed by atoms with Gasteiger partial charge in [-0.1, -0.05) is 11.6 Å². The second-order valence-electron chi connectivity index (χ2n) is 3.88. The van der Waals surface area contributed by atoms with E-state index in [4.69, 9.17) is 16.7 Å². The standard InChI is InChI=1S/C10H13ClN2O4S/c1-6(2)12-18(16,17)13-9-4-3-7(10(14)15)5-8(9)11/h3-6,12-13H,1-2H3,(H,14,15). The van der Waals surface area contributed by atoms with E-state index in [1.54, 1.807) is 13.8 Å². The smallest absolute Gasteiger partial charge is 0.335 e. The maximum Gasteiger partial charge on any atom is 0.335 e. The van der Waals surface area contributed by atoms with E-state index in [1.165, 1.54) is 18.2 Å². The van der Waals surface area contributed by atoms with E-state index in [2.05, 4.69) is 9.44 Å². The summed E-state index contributed by atoms with van der Waals surface area (Å²) in [5, 5.41) is 8.76. The first-order valence-corrected chi connectivity index (χ1v) is 6.90. The van der Waals surface area contributed by atoms with Crippen LogP contribution in [0.15, 0.2) is 18.2 Å². The summed E-state index contributed by atoms with van der Waals surface area (Å²) in [6.07, 6.45) is 0. The van der Waals surface area contributed by atoms with Crippen LogP contribution in [-0.4, -0.2) is 25.5 Å². The fraction of sp³-hybridized carbons (Fsp3) is 0.300. The molecule has 0 aromatic heterocycles. The Morgan fingerprint density at radius 3 is 2.44 bits per heavy atom. The van der Waals surface area contributed by atoms with Crippen molar-refractivity contribution in [2.24, 2.45) is 0 Å². The van der Waals surface area contributed by atoms with E-state index in [0.29, 0.717) is 0 Å². The molecule has 8 heteroatoms. The van der Waals surface area contributed by atoms with Crippen molar-refractivity contribution in [3.63, 3.8) is 0 Å². The number of nitrogens with one attached hydrogen (secondary N) is 2. The molecule has 0 amide bonds. The summed E-state index contributed by atoms with van der Waals surface area (Å²) >= 11 is 5.80. The molecule has 0 unspecified atom stereocenters. The highest BCUT2D eigenvalue weighted by atomic mass is 35.5. The summed E-state index contributed by atoms with van der Waals surface area (Å²) < 4.78 is 27.7. The van der Waals surface area contributed by atoms with Gasteiger partial charge >= 0.3 is 5.97 Å². The zero-order valence-electron chi connectivity index (χ0n) is 9.77. The van der Waals surface area contributed by atoms with Crippen molar-refractivity contribution in [1.29, 1.82) is 0 Å². The summed E-state index contributed by atoms with van der Waals surface area (Å²) in [6.45, 7) is 3.35. The zero-order valence-corrected chi connectivity index (χ0v) is 11.3. The normalized spacial score (nSPS) is 11.6. The van der Waals surface area contributed by atoms with Gasteiger partial charge in [0.2, 0.25) is 0 Å². The Balaban J connectivity index is 2.96. The average molecular weight is 293 g/mol. The molecule has 0 heterocycles. The number of anilines is 1. The van der Waals surface area contributed by atoms with Crippen LogP contribution in [-0.2, 0) is 10.2 Å². The third-order valence-electron chi connectivity index (χ3n) is 1.85. The molecule has 0 atom stereocenters.